The molecule has 1 aromatic carbocycles. The average molecular weight is 376 g/mol. The summed E-state index contributed by atoms with van der Waals surface area (Å²) in [6, 6.07) is 5.49. The number of halogens is 1. The molecular formula is C16H17FN6O4. The minimum Gasteiger partial charge on any atom is -0.441 e. The van der Waals surface area contributed by atoms with Gasteiger partial charge in [0.15, 0.2) is 0 Å². The molecule has 10 nitrogen and oxygen atoms in total. The summed E-state index contributed by atoms with van der Waals surface area (Å²) in [5.41, 5.74) is 6.86. The fourth-order valence-corrected chi connectivity index (χ4v) is 2.72. The Bertz CT molecular complexity index is 868. The van der Waals surface area contributed by atoms with Crippen LogP contribution in [0.2, 0.25) is 0 Å². The highest BCUT2D eigenvalue weighted by Crippen LogP contribution is 2.37. The molecule has 3 atom stereocenters. The summed E-state index contributed by atoms with van der Waals surface area (Å²) < 4.78 is 20.7. The van der Waals surface area contributed by atoms with Gasteiger partial charge < -0.3 is 15.3 Å². The molecule has 27 heavy (non-hydrogen) atoms. The van der Waals surface area contributed by atoms with Crippen LogP contribution in [0.3, 0.4) is 0 Å². The van der Waals surface area contributed by atoms with Gasteiger partial charge in [0.2, 0.25) is 5.91 Å². The van der Waals surface area contributed by atoms with Crippen molar-refractivity contribution in [2.24, 2.45) is 16.8 Å². The lowest BCUT2D eigenvalue weighted by Crippen LogP contribution is -2.35. The van der Waals surface area contributed by atoms with Crippen molar-refractivity contribution in [2.75, 3.05) is 7.11 Å². The van der Waals surface area contributed by atoms with Crippen LogP contribution in [-0.4, -0.2) is 51.5 Å². The first-order valence-corrected chi connectivity index (χ1v) is 7.96. The first kappa shape index (κ1) is 18.3. The van der Waals surface area contributed by atoms with Crippen LogP contribution in [0.15, 0.2) is 35.6 Å². The Balaban J connectivity index is 1.85. The Labute approximate surface area is 153 Å². The molecule has 2 heterocycles. The molecule has 0 aliphatic carbocycles. The van der Waals surface area contributed by atoms with Crippen molar-refractivity contribution in [3.63, 3.8) is 0 Å². The van der Waals surface area contributed by atoms with Gasteiger partial charge in [-0.25, -0.2) is 9.48 Å². The number of nitrogens with zero attached hydrogens (tertiary/aromatic N) is 5. The number of aromatic nitrogens is 3. The van der Waals surface area contributed by atoms with Crippen LogP contribution in [-0.2, 0) is 14.4 Å². The fraction of sp³-hybridized carbons (Fsp3) is 0.312. The topological polar surface area (TPSA) is 125 Å². The summed E-state index contributed by atoms with van der Waals surface area (Å²) >= 11 is 0. The van der Waals surface area contributed by atoms with Gasteiger partial charge in [0.05, 0.1) is 24.0 Å². The van der Waals surface area contributed by atoms with Crippen LogP contribution >= 0.6 is 0 Å². The molecule has 0 bridgehead atoms. The van der Waals surface area contributed by atoms with E-state index in [-0.39, 0.29) is 5.12 Å². The summed E-state index contributed by atoms with van der Waals surface area (Å²) in [5.74, 6) is -1.53. The molecule has 1 saturated heterocycles. The zero-order valence-corrected chi connectivity index (χ0v) is 14.5. The van der Waals surface area contributed by atoms with Crippen molar-refractivity contribution in [3.05, 3.63) is 41.7 Å². The van der Waals surface area contributed by atoms with E-state index in [0.29, 0.717) is 16.9 Å². The van der Waals surface area contributed by atoms with Crippen LogP contribution in [0.1, 0.15) is 24.2 Å². The zero-order chi connectivity index (χ0) is 19.6. The van der Waals surface area contributed by atoms with Gasteiger partial charge in [0.25, 0.3) is 0 Å². The predicted molar refractivity (Wildman–Crippen MR) is 90.3 cm³/mol. The largest absolute Gasteiger partial charge is 0.441 e. The summed E-state index contributed by atoms with van der Waals surface area (Å²) in [7, 11) is 1.41. The van der Waals surface area contributed by atoms with Crippen molar-refractivity contribution in [2.45, 2.75) is 19.1 Å². The van der Waals surface area contributed by atoms with Gasteiger partial charge in [-0.05, 0) is 24.6 Å². The Morgan fingerprint density at radius 1 is 1.44 bits per heavy atom. The molecule has 2 N–H and O–H groups in total. The first-order valence-electron chi connectivity index (χ1n) is 7.96. The van der Waals surface area contributed by atoms with E-state index in [2.05, 4.69) is 20.3 Å². The normalized spacial score (nSPS) is 20.7. The molecule has 1 aromatic heterocycles. The third kappa shape index (κ3) is 3.57. The Hall–Kier alpha value is -3.50. The lowest BCUT2D eigenvalue weighted by Gasteiger charge is -2.22. The molecule has 2 amide bonds. The lowest BCUT2D eigenvalue weighted by molar-refractivity contribution is -0.124. The maximum absolute atomic E-state index is 14.2. The van der Waals surface area contributed by atoms with Gasteiger partial charge in [0, 0.05) is 0 Å². The predicted octanol–water partition coefficient (Wildman–Crippen LogP) is 1.12. The molecule has 3 rings (SSSR count). The summed E-state index contributed by atoms with van der Waals surface area (Å²) in [6.07, 6.45) is 0.851. The fourth-order valence-electron chi connectivity index (χ4n) is 2.72. The molecule has 3 unspecified atom stereocenters. The number of amides is 2. The molecule has 0 radical (unpaired) electrons. The van der Waals surface area contributed by atoms with Crippen molar-refractivity contribution in [1.29, 1.82) is 0 Å². The maximum atomic E-state index is 14.2. The molecule has 1 aliphatic rings. The summed E-state index contributed by atoms with van der Waals surface area (Å²) in [5, 5.41) is 11.4. The maximum Gasteiger partial charge on any atom is 0.439 e. The van der Waals surface area contributed by atoms with E-state index in [0.717, 1.165) is 0 Å². The summed E-state index contributed by atoms with van der Waals surface area (Å²) in [6.45, 7) is 1.49. The molecule has 1 aliphatic heterocycles. The minimum atomic E-state index is -1.15. The third-order valence-electron chi connectivity index (χ3n) is 4.21. The standard InChI is InChI=1S/C16H17FN6O4/c1-9(15(18)24)14-13(23(17)16(25)27-14)10-3-5-12(6-4-10)22-8-11(20-21-22)7-19-26-2/h3-9,13-14H,1-2H3,(H2,18,24). The van der Waals surface area contributed by atoms with Crippen LogP contribution in [0.5, 0.6) is 0 Å². The highest BCUT2D eigenvalue weighted by molar-refractivity contribution is 5.79. The molecule has 1 fully saturated rings. The van der Waals surface area contributed by atoms with E-state index >= 15 is 0 Å². The number of nitrogens with two attached hydrogens (primary N) is 1. The van der Waals surface area contributed by atoms with Crippen molar-refractivity contribution in [3.8, 4) is 5.69 Å². The van der Waals surface area contributed by atoms with Crippen molar-refractivity contribution < 1.29 is 23.6 Å². The Kier molecular flexibility index (Phi) is 5.01. The summed E-state index contributed by atoms with van der Waals surface area (Å²) in [4.78, 5) is 27.6. The first-order chi connectivity index (χ1) is 12.9. The lowest BCUT2D eigenvalue weighted by atomic mass is 9.92. The number of rotatable bonds is 6. The second-order valence-corrected chi connectivity index (χ2v) is 5.89. The second kappa shape index (κ2) is 7.40. The van der Waals surface area contributed by atoms with E-state index in [9.17, 15) is 14.1 Å². The van der Waals surface area contributed by atoms with Crippen LogP contribution in [0, 0.1) is 5.92 Å². The molecule has 0 spiro atoms. The molecule has 0 saturated carbocycles. The zero-order valence-electron chi connectivity index (χ0n) is 14.5. The molecule has 11 heteroatoms. The number of primary amides is 1. The highest BCUT2D eigenvalue weighted by atomic mass is 19.2. The van der Waals surface area contributed by atoms with E-state index in [1.54, 1.807) is 30.5 Å². The van der Waals surface area contributed by atoms with E-state index in [1.807, 2.05) is 0 Å². The van der Waals surface area contributed by atoms with Crippen LogP contribution in [0.4, 0.5) is 9.28 Å². The Morgan fingerprint density at radius 2 is 2.15 bits per heavy atom. The highest BCUT2D eigenvalue weighted by Gasteiger charge is 2.47. The van der Waals surface area contributed by atoms with Gasteiger partial charge in [-0.3, -0.25) is 4.79 Å². The number of carbonyl (C=O) groups is 2. The second-order valence-electron chi connectivity index (χ2n) is 5.89. The molecule has 2 aromatic rings. The minimum absolute atomic E-state index is 0.0338. The van der Waals surface area contributed by atoms with Crippen molar-refractivity contribution >= 4 is 18.2 Å². The number of hydrogen-bond donors (Lipinski definition) is 1. The van der Waals surface area contributed by atoms with Crippen molar-refractivity contribution in [1.82, 2.24) is 20.1 Å². The smallest absolute Gasteiger partial charge is 0.439 e. The Morgan fingerprint density at radius 3 is 2.78 bits per heavy atom. The monoisotopic (exact) mass is 376 g/mol. The quantitative estimate of drug-likeness (QED) is 0.457. The molecule has 142 valence electrons. The van der Waals surface area contributed by atoms with E-state index in [1.165, 1.54) is 24.9 Å². The van der Waals surface area contributed by atoms with Crippen LogP contribution < -0.4 is 5.73 Å². The number of ether oxygens (including phenoxy) is 1. The van der Waals surface area contributed by atoms with Gasteiger partial charge in [-0.15, -0.1) is 10.2 Å². The third-order valence-corrected chi connectivity index (χ3v) is 4.21. The van der Waals surface area contributed by atoms with E-state index in [4.69, 9.17) is 10.5 Å². The number of hydrogen-bond acceptors (Lipinski definition) is 7. The number of carbonyl (C=O) groups excluding carboxylic acids is 2. The van der Waals surface area contributed by atoms with Gasteiger partial charge in [-0.1, -0.05) is 27.0 Å². The van der Waals surface area contributed by atoms with Gasteiger partial charge >= 0.3 is 6.09 Å². The number of benzene rings is 1. The average Bonchev–Trinajstić information content (AvgIpc) is 3.25. The van der Waals surface area contributed by atoms with Gasteiger partial charge in [-0.2, -0.15) is 0 Å². The van der Waals surface area contributed by atoms with E-state index < -0.39 is 30.1 Å². The number of oxime groups is 1. The number of cyclic esters (lactones) is 1. The SMILES string of the molecule is CON=Cc1cn(-c2ccc(C3C(C(C)C(N)=O)OC(=O)N3F)cc2)nn1. The molecular weight excluding hydrogens is 359 g/mol. The van der Waals surface area contributed by atoms with Crippen LogP contribution in [0.25, 0.3) is 5.69 Å². The van der Waals surface area contributed by atoms with Gasteiger partial charge in [0.1, 0.15) is 24.9 Å².